The number of rotatable bonds is 8. The third-order valence-electron chi connectivity index (χ3n) is 7.24. The van der Waals surface area contributed by atoms with Crippen molar-refractivity contribution in [3.05, 3.63) is 102 Å². The third kappa shape index (κ3) is 5.90. The van der Waals surface area contributed by atoms with Crippen LogP contribution in [0.15, 0.2) is 73.2 Å². The quantitative estimate of drug-likeness (QED) is 0.203. The van der Waals surface area contributed by atoms with E-state index < -0.39 is 0 Å². The molecule has 1 amide bonds. The lowest BCUT2D eigenvalue weighted by Gasteiger charge is -2.23. The largest absolute Gasteiger partial charge is 0.356 e. The highest BCUT2D eigenvalue weighted by Gasteiger charge is 2.21. The minimum Gasteiger partial charge on any atom is -0.356 e. The fourth-order valence-electron chi connectivity index (χ4n) is 5.12. The number of aromatic nitrogens is 5. The maximum absolute atomic E-state index is 13.2. The van der Waals surface area contributed by atoms with Crippen molar-refractivity contribution in [2.75, 3.05) is 11.9 Å². The second kappa shape index (κ2) is 11.8. The second-order valence-corrected chi connectivity index (χ2v) is 10.3. The van der Waals surface area contributed by atoms with Crippen LogP contribution in [0.25, 0.3) is 23.1 Å². The lowest BCUT2D eigenvalue weighted by molar-refractivity contribution is -0.0367. The highest BCUT2D eigenvalue weighted by Crippen LogP contribution is 2.32. The summed E-state index contributed by atoms with van der Waals surface area (Å²) in [6.45, 7) is 4.68. The first-order valence-electron chi connectivity index (χ1n) is 14.0. The number of hydrogen-bond acceptors (Lipinski definition) is 6. The van der Waals surface area contributed by atoms with Gasteiger partial charge in [0.2, 0.25) is 0 Å². The van der Waals surface area contributed by atoms with E-state index in [1.165, 1.54) is 0 Å². The summed E-state index contributed by atoms with van der Waals surface area (Å²) in [5.41, 5.74) is 5.97. The Kier molecular flexibility index (Phi) is 7.60. The van der Waals surface area contributed by atoms with Gasteiger partial charge in [-0.25, -0.2) is 9.67 Å². The van der Waals surface area contributed by atoms with Crippen molar-refractivity contribution < 1.29 is 9.53 Å². The van der Waals surface area contributed by atoms with Crippen molar-refractivity contribution in [2.45, 2.75) is 45.4 Å². The van der Waals surface area contributed by atoms with E-state index in [-0.39, 0.29) is 18.2 Å². The number of carbonyl (C=O) groups excluding carboxylic acids is 1. The van der Waals surface area contributed by atoms with E-state index in [4.69, 9.17) is 9.84 Å². The zero-order valence-electron chi connectivity index (χ0n) is 23.2. The van der Waals surface area contributed by atoms with Crippen LogP contribution in [-0.2, 0) is 4.74 Å². The number of hydrogen-bond donors (Lipinski definition) is 3. The molecule has 1 aliphatic heterocycles. The van der Waals surface area contributed by atoms with Gasteiger partial charge in [-0.1, -0.05) is 12.1 Å². The Hall–Kier alpha value is -4.76. The summed E-state index contributed by atoms with van der Waals surface area (Å²) in [6.07, 6.45) is 12.2. The molecule has 2 atom stereocenters. The smallest absolute Gasteiger partial charge is 0.253 e. The molecule has 9 heteroatoms. The molecule has 6 rings (SSSR count). The summed E-state index contributed by atoms with van der Waals surface area (Å²) in [4.78, 5) is 25.0. The predicted molar refractivity (Wildman–Crippen MR) is 161 cm³/mol. The van der Waals surface area contributed by atoms with Gasteiger partial charge in [-0.3, -0.25) is 9.78 Å². The zero-order valence-corrected chi connectivity index (χ0v) is 23.2. The Balaban J connectivity index is 1.31. The topological polar surface area (TPSA) is 110 Å². The Morgan fingerprint density at radius 2 is 2.00 bits per heavy atom. The SMILES string of the molecule is Cc1ccnc(C=Cc2nn(C3CCCCO3)c3cc(Nc4ccccc4C(=O)NC(C)c4ncc[nH]4)ccc23)c1. The van der Waals surface area contributed by atoms with Gasteiger partial charge in [0.15, 0.2) is 6.23 Å². The molecule has 0 radical (unpaired) electrons. The zero-order chi connectivity index (χ0) is 28.2. The van der Waals surface area contributed by atoms with E-state index in [1.807, 2.05) is 72.4 Å². The molecule has 3 aromatic heterocycles. The molecule has 0 bridgehead atoms. The summed E-state index contributed by atoms with van der Waals surface area (Å²) in [7, 11) is 0. The first kappa shape index (κ1) is 26.5. The number of pyridine rings is 1. The van der Waals surface area contributed by atoms with Crippen molar-refractivity contribution in [3.8, 4) is 0 Å². The molecule has 2 unspecified atom stereocenters. The minimum absolute atomic E-state index is 0.123. The van der Waals surface area contributed by atoms with Crippen LogP contribution in [0.3, 0.4) is 0 Å². The van der Waals surface area contributed by atoms with Gasteiger partial charge >= 0.3 is 0 Å². The maximum atomic E-state index is 13.2. The average Bonchev–Trinajstić information content (AvgIpc) is 3.66. The van der Waals surface area contributed by atoms with Crippen molar-refractivity contribution in [1.82, 2.24) is 30.0 Å². The summed E-state index contributed by atoms with van der Waals surface area (Å²) in [5, 5.41) is 12.5. The molecule has 9 nitrogen and oxygen atoms in total. The number of anilines is 2. The van der Waals surface area contributed by atoms with E-state index in [2.05, 4.69) is 44.6 Å². The van der Waals surface area contributed by atoms with Crippen LogP contribution >= 0.6 is 0 Å². The van der Waals surface area contributed by atoms with Crippen molar-refractivity contribution in [1.29, 1.82) is 0 Å². The molecule has 5 aromatic rings. The van der Waals surface area contributed by atoms with E-state index in [0.29, 0.717) is 17.1 Å². The molecule has 2 aromatic carbocycles. The molecule has 1 fully saturated rings. The summed E-state index contributed by atoms with van der Waals surface area (Å²) in [5.74, 6) is 0.520. The molecule has 0 aliphatic carbocycles. The van der Waals surface area contributed by atoms with Gasteiger partial charge in [0.1, 0.15) is 5.82 Å². The van der Waals surface area contributed by atoms with Crippen molar-refractivity contribution >= 4 is 40.3 Å². The summed E-state index contributed by atoms with van der Waals surface area (Å²) < 4.78 is 8.12. The Morgan fingerprint density at radius 1 is 1.10 bits per heavy atom. The average molecular weight is 548 g/mol. The minimum atomic E-state index is -0.256. The lowest BCUT2D eigenvalue weighted by Crippen LogP contribution is -2.27. The first-order valence-corrected chi connectivity index (χ1v) is 14.0. The standard InChI is InChI=1S/C32H33N7O2/c1-21-14-15-33-23(19-21)11-13-28-25-12-10-24(20-29(25)39(38-28)30-9-5-6-18-41-30)37-27-8-4-3-7-26(27)32(40)36-22(2)31-34-16-17-35-31/h3-4,7-8,10-17,19-20,22,30,37H,5-6,9,18H2,1-2H3,(H,34,35)(H,36,40). The molecular weight excluding hydrogens is 514 g/mol. The number of aromatic amines is 1. The second-order valence-electron chi connectivity index (χ2n) is 10.3. The van der Waals surface area contributed by atoms with Crippen molar-refractivity contribution in [3.63, 3.8) is 0 Å². The highest BCUT2D eigenvalue weighted by molar-refractivity contribution is 6.01. The van der Waals surface area contributed by atoms with Crippen LogP contribution in [0.1, 0.15) is 71.6 Å². The van der Waals surface area contributed by atoms with Crippen LogP contribution in [0.2, 0.25) is 0 Å². The van der Waals surface area contributed by atoms with E-state index in [9.17, 15) is 4.79 Å². The Labute approximate surface area is 238 Å². The number of amides is 1. The van der Waals surface area contributed by atoms with Crippen LogP contribution < -0.4 is 10.6 Å². The monoisotopic (exact) mass is 547 g/mol. The normalized spacial score (nSPS) is 16.2. The van der Waals surface area contributed by atoms with Gasteiger partial charge < -0.3 is 20.4 Å². The molecule has 1 aliphatic rings. The van der Waals surface area contributed by atoms with Crippen LogP contribution in [0.5, 0.6) is 0 Å². The third-order valence-corrected chi connectivity index (χ3v) is 7.24. The predicted octanol–water partition coefficient (Wildman–Crippen LogP) is 6.57. The number of aryl methyl sites for hydroxylation is 1. The Bertz CT molecular complexity index is 1680. The number of nitrogens with zero attached hydrogens (tertiary/aromatic N) is 4. The van der Waals surface area contributed by atoms with Gasteiger partial charge in [-0.2, -0.15) is 5.10 Å². The number of carbonyl (C=O) groups is 1. The van der Waals surface area contributed by atoms with E-state index in [1.54, 1.807) is 12.4 Å². The van der Waals surface area contributed by atoms with Gasteiger partial charge in [0, 0.05) is 36.3 Å². The number of ether oxygens (including phenoxy) is 1. The summed E-state index contributed by atoms with van der Waals surface area (Å²) in [6, 6.07) is 17.4. The number of H-pyrrole nitrogens is 1. The van der Waals surface area contributed by atoms with Crippen LogP contribution in [0.4, 0.5) is 11.4 Å². The molecular formula is C32H33N7O2. The van der Waals surface area contributed by atoms with E-state index >= 15 is 0 Å². The molecule has 41 heavy (non-hydrogen) atoms. The van der Waals surface area contributed by atoms with Gasteiger partial charge in [-0.05, 0) is 93.3 Å². The summed E-state index contributed by atoms with van der Waals surface area (Å²) >= 11 is 0. The van der Waals surface area contributed by atoms with Gasteiger partial charge in [-0.15, -0.1) is 0 Å². The number of imidazole rings is 1. The lowest BCUT2D eigenvalue weighted by atomic mass is 10.1. The van der Waals surface area contributed by atoms with Crippen LogP contribution in [-0.4, -0.2) is 37.2 Å². The number of nitrogens with one attached hydrogen (secondary N) is 3. The van der Waals surface area contributed by atoms with E-state index in [0.717, 1.165) is 59.4 Å². The molecule has 4 heterocycles. The first-order chi connectivity index (χ1) is 20.0. The molecule has 0 spiro atoms. The van der Waals surface area contributed by atoms with Crippen molar-refractivity contribution in [2.24, 2.45) is 0 Å². The fourth-order valence-corrected chi connectivity index (χ4v) is 5.12. The highest BCUT2D eigenvalue weighted by atomic mass is 16.5. The maximum Gasteiger partial charge on any atom is 0.253 e. The number of benzene rings is 2. The molecule has 0 saturated carbocycles. The fraction of sp³-hybridized carbons (Fsp3) is 0.250. The van der Waals surface area contributed by atoms with Gasteiger partial charge in [0.25, 0.3) is 5.91 Å². The Morgan fingerprint density at radius 3 is 2.80 bits per heavy atom. The number of para-hydroxylation sites is 1. The number of fused-ring (bicyclic) bond motifs is 1. The van der Waals surface area contributed by atoms with Gasteiger partial charge in [0.05, 0.1) is 34.2 Å². The molecule has 208 valence electrons. The van der Waals surface area contributed by atoms with Crippen LogP contribution in [0, 0.1) is 6.92 Å². The molecule has 3 N–H and O–H groups in total. The molecule has 1 saturated heterocycles.